The first-order chi connectivity index (χ1) is 16.1. The van der Waals surface area contributed by atoms with Crippen LogP contribution < -0.4 is 4.74 Å². The van der Waals surface area contributed by atoms with E-state index in [1.165, 1.54) is 19.2 Å². The van der Waals surface area contributed by atoms with Crippen LogP contribution in [-0.2, 0) is 9.53 Å². The van der Waals surface area contributed by atoms with Gasteiger partial charge in [-0.3, -0.25) is 19.5 Å². The van der Waals surface area contributed by atoms with Gasteiger partial charge in [0.05, 0.1) is 35.4 Å². The van der Waals surface area contributed by atoms with E-state index in [1.54, 1.807) is 6.07 Å². The second kappa shape index (κ2) is 9.95. The first kappa shape index (κ1) is 22.0. The number of aromatic nitrogens is 2. The van der Waals surface area contributed by atoms with Gasteiger partial charge in [-0.1, -0.05) is 36.4 Å². The van der Waals surface area contributed by atoms with Gasteiger partial charge in [0.25, 0.3) is 5.69 Å². The summed E-state index contributed by atoms with van der Waals surface area (Å²) >= 11 is 0. The van der Waals surface area contributed by atoms with Crippen LogP contribution in [0.25, 0.3) is 28.1 Å². The number of ether oxygens (including phenoxy) is 2. The first-order valence-corrected chi connectivity index (χ1v) is 10.6. The number of carbonyl (C=O) groups excluding carboxylic acids is 1. The summed E-state index contributed by atoms with van der Waals surface area (Å²) < 4.78 is 12.4. The molecule has 33 heavy (non-hydrogen) atoms. The number of esters is 1. The highest BCUT2D eigenvalue weighted by Crippen LogP contribution is 2.32. The molecule has 0 fully saturated rings. The van der Waals surface area contributed by atoms with E-state index in [4.69, 9.17) is 9.72 Å². The summed E-state index contributed by atoms with van der Waals surface area (Å²) in [5.41, 5.74) is 3.07. The standard InChI is InChI=1S/C25H23N3O5/c1-32-24(29)12-5-6-15-33-21-13-14-22-23(17-21)27(19-10-7-11-20(16-19)28(30)31)25(26-22)18-8-3-2-4-9-18/h2-4,7-11,13-14,16-17H,5-6,12,15H2,1H3. The second-order valence-electron chi connectivity index (χ2n) is 7.45. The third-order valence-electron chi connectivity index (χ3n) is 5.23. The van der Waals surface area contributed by atoms with Gasteiger partial charge in [-0.15, -0.1) is 0 Å². The molecule has 4 rings (SSSR count). The van der Waals surface area contributed by atoms with Crippen molar-refractivity contribution in [2.45, 2.75) is 19.3 Å². The predicted octanol–water partition coefficient (Wildman–Crippen LogP) is 5.32. The summed E-state index contributed by atoms with van der Waals surface area (Å²) in [5.74, 6) is 1.11. The van der Waals surface area contributed by atoms with Crippen molar-refractivity contribution in [1.82, 2.24) is 9.55 Å². The fraction of sp³-hybridized carbons (Fsp3) is 0.200. The van der Waals surface area contributed by atoms with Gasteiger partial charge in [-0.25, -0.2) is 4.98 Å². The molecule has 0 unspecified atom stereocenters. The maximum absolute atomic E-state index is 11.4. The number of unbranched alkanes of at least 4 members (excludes halogenated alkanes) is 1. The Hall–Kier alpha value is -4.20. The van der Waals surface area contributed by atoms with E-state index >= 15 is 0 Å². The van der Waals surface area contributed by atoms with Crippen LogP contribution in [0.1, 0.15) is 19.3 Å². The molecule has 0 amide bonds. The van der Waals surface area contributed by atoms with Gasteiger partial charge in [-0.05, 0) is 31.0 Å². The SMILES string of the molecule is COC(=O)CCCCOc1ccc2nc(-c3ccccc3)n(-c3cccc([N+](=O)[O-])c3)c2c1. The minimum Gasteiger partial charge on any atom is -0.494 e. The summed E-state index contributed by atoms with van der Waals surface area (Å²) in [6.07, 6.45) is 1.75. The Morgan fingerprint density at radius 2 is 1.85 bits per heavy atom. The van der Waals surface area contributed by atoms with E-state index in [0.717, 1.165) is 16.6 Å². The third-order valence-corrected chi connectivity index (χ3v) is 5.23. The molecule has 1 aromatic heterocycles. The third kappa shape index (κ3) is 5.01. The van der Waals surface area contributed by atoms with Gasteiger partial charge in [0.1, 0.15) is 11.6 Å². The van der Waals surface area contributed by atoms with Crippen molar-refractivity contribution in [2.24, 2.45) is 0 Å². The lowest BCUT2D eigenvalue weighted by molar-refractivity contribution is -0.384. The Kier molecular flexibility index (Phi) is 6.64. The molecule has 4 aromatic rings. The topological polar surface area (TPSA) is 96.5 Å². The van der Waals surface area contributed by atoms with Gasteiger partial charge in [0.2, 0.25) is 0 Å². The lowest BCUT2D eigenvalue weighted by atomic mass is 10.2. The molecule has 0 aliphatic heterocycles. The van der Waals surface area contributed by atoms with Crippen molar-refractivity contribution in [1.29, 1.82) is 0 Å². The van der Waals surface area contributed by atoms with Crippen molar-refractivity contribution in [3.63, 3.8) is 0 Å². The van der Waals surface area contributed by atoms with Crippen molar-refractivity contribution >= 4 is 22.7 Å². The highest BCUT2D eigenvalue weighted by atomic mass is 16.6. The van der Waals surface area contributed by atoms with Crippen LogP contribution in [-0.4, -0.2) is 34.2 Å². The molecular weight excluding hydrogens is 422 g/mol. The van der Waals surface area contributed by atoms with E-state index in [-0.39, 0.29) is 11.7 Å². The number of rotatable bonds is 9. The Balaban J connectivity index is 1.70. The Morgan fingerprint density at radius 3 is 2.61 bits per heavy atom. The van der Waals surface area contributed by atoms with E-state index in [9.17, 15) is 14.9 Å². The van der Waals surface area contributed by atoms with Gasteiger partial charge in [0, 0.05) is 30.2 Å². The fourth-order valence-electron chi connectivity index (χ4n) is 3.60. The molecule has 0 bridgehead atoms. The minimum atomic E-state index is -0.409. The molecule has 0 saturated heterocycles. The number of benzene rings is 3. The van der Waals surface area contributed by atoms with E-state index < -0.39 is 4.92 Å². The van der Waals surface area contributed by atoms with Crippen molar-refractivity contribution < 1.29 is 19.2 Å². The summed E-state index contributed by atoms with van der Waals surface area (Å²) in [4.78, 5) is 27.0. The molecular formula is C25H23N3O5. The number of methoxy groups -OCH3 is 1. The van der Waals surface area contributed by atoms with Crippen LogP contribution in [0, 0.1) is 10.1 Å². The van der Waals surface area contributed by atoms with Gasteiger partial charge in [-0.2, -0.15) is 0 Å². The second-order valence-corrected chi connectivity index (χ2v) is 7.45. The fourth-order valence-corrected chi connectivity index (χ4v) is 3.60. The van der Waals surface area contributed by atoms with E-state index in [2.05, 4.69) is 4.74 Å². The van der Waals surface area contributed by atoms with Crippen molar-refractivity contribution in [2.75, 3.05) is 13.7 Å². The number of imidazole rings is 1. The maximum Gasteiger partial charge on any atom is 0.305 e. The van der Waals surface area contributed by atoms with Gasteiger partial charge >= 0.3 is 5.97 Å². The van der Waals surface area contributed by atoms with Crippen LogP contribution in [0.2, 0.25) is 0 Å². The summed E-state index contributed by atoms with van der Waals surface area (Å²) in [6.45, 7) is 0.457. The number of carbonyl (C=O) groups is 1. The number of hydrogen-bond donors (Lipinski definition) is 0. The maximum atomic E-state index is 11.4. The lowest BCUT2D eigenvalue weighted by Gasteiger charge is -2.11. The molecule has 8 heteroatoms. The molecule has 0 aliphatic rings. The number of nitrogens with zero attached hydrogens (tertiary/aromatic N) is 3. The summed E-state index contributed by atoms with van der Waals surface area (Å²) in [6, 6.07) is 21.8. The molecule has 0 radical (unpaired) electrons. The molecule has 3 aromatic carbocycles. The van der Waals surface area contributed by atoms with Gasteiger partial charge < -0.3 is 9.47 Å². The van der Waals surface area contributed by atoms with Gasteiger partial charge in [0.15, 0.2) is 0 Å². The van der Waals surface area contributed by atoms with Crippen LogP contribution in [0.5, 0.6) is 5.75 Å². The summed E-state index contributed by atoms with van der Waals surface area (Å²) in [5, 5.41) is 11.4. The largest absolute Gasteiger partial charge is 0.494 e. The molecule has 0 spiro atoms. The molecule has 168 valence electrons. The van der Waals surface area contributed by atoms with E-state index in [1.807, 2.05) is 59.2 Å². The normalized spacial score (nSPS) is 10.8. The average molecular weight is 445 g/mol. The quantitative estimate of drug-likeness (QED) is 0.150. The Morgan fingerprint density at radius 1 is 1.03 bits per heavy atom. The molecule has 0 saturated carbocycles. The molecule has 8 nitrogen and oxygen atoms in total. The van der Waals surface area contributed by atoms with Crippen LogP contribution in [0.4, 0.5) is 5.69 Å². The lowest BCUT2D eigenvalue weighted by Crippen LogP contribution is -2.03. The van der Waals surface area contributed by atoms with Crippen LogP contribution >= 0.6 is 0 Å². The van der Waals surface area contributed by atoms with Crippen molar-refractivity contribution in [3.05, 3.63) is 82.9 Å². The number of nitro benzene ring substituents is 1. The number of non-ortho nitro benzene ring substituents is 1. The average Bonchev–Trinajstić information content (AvgIpc) is 3.23. The van der Waals surface area contributed by atoms with Crippen LogP contribution in [0.15, 0.2) is 72.8 Å². The molecule has 1 heterocycles. The molecule has 0 N–H and O–H groups in total. The zero-order chi connectivity index (χ0) is 23.2. The van der Waals surface area contributed by atoms with Crippen LogP contribution in [0.3, 0.4) is 0 Å². The van der Waals surface area contributed by atoms with E-state index in [0.29, 0.717) is 43.1 Å². The number of nitro groups is 1. The Labute approximate surface area is 190 Å². The zero-order valence-electron chi connectivity index (χ0n) is 18.1. The zero-order valence-corrected chi connectivity index (χ0v) is 18.1. The highest BCUT2D eigenvalue weighted by Gasteiger charge is 2.17. The Bertz CT molecular complexity index is 1280. The smallest absolute Gasteiger partial charge is 0.305 e. The minimum absolute atomic E-state index is 0.00590. The monoisotopic (exact) mass is 445 g/mol. The predicted molar refractivity (Wildman–Crippen MR) is 125 cm³/mol. The highest BCUT2D eigenvalue weighted by molar-refractivity contribution is 5.84. The number of hydrogen-bond acceptors (Lipinski definition) is 6. The first-order valence-electron chi connectivity index (χ1n) is 10.6. The molecule has 0 atom stereocenters. The molecule has 0 aliphatic carbocycles. The van der Waals surface area contributed by atoms with Crippen molar-refractivity contribution in [3.8, 4) is 22.8 Å². The number of fused-ring (bicyclic) bond motifs is 1. The summed E-state index contributed by atoms with van der Waals surface area (Å²) in [7, 11) is 1.38.